The lowest BCUT2D eigenvalue weighted by Crippen LogP contribution is -2.57. The molecular formula is C13H29N3O2S. The fraction of sp³-hybridized carbons (Fsp3) is 1.00. The zero-order valence-corrected chi connectivity index (χ0v) is 13.5. The van der Waals surface area contributed by atoms with Crippen LogP contribution in [0.3, 0.4) is 0 Å². The third kappa shape index (κ3) is 3.90. The van der Waals surface area contributed by atoms with E-state index in [-0.39, 0.29) is 0 Å². The summed E-state index contributed by atoms with van der Waals surface area (Å²) in [5.41, 5.74) is 5.23. The Kier molecular flexibility index (Phi) is 5.79. The molecule has 1 rings (SSSR count). The minimum atomic E-state index is -3.39. The summed E-state index contributed by atoms with van der Waals surface area (Å²) in [5, 5.41) is 0. The van der Waals surface area contributed by atoms with E-state index in [4.69, 9.17) is 5.73 Å². The van der Waals surface area contributed by atoms with Crippen molar-refractivity contribution in [1.29, 1.82) is 0 Å². The van der Waals surface area contributed by atoms with Crippen LogP contribution in [0.15, 0.2) is 0 Å². The molecule has 0 radical (unpaired) electrons. The van der Waals surface area contributed by atoms with Gasteiger partial charge >= 0.3 is 0 Å². The molecule has 0 aliphatic carbocycles. The standard InChI is InChI=1S/C13H29N3O2S/c1-5-8-16(13(3,4)11-14)19(17,18)15-9-6-12(2)7-10-15/h12H,5-11,14H2,1-4H3. The van der Waals surface area contributed by atoms with Crippen LogP contribution in [0.4, 0.5) is 0 Å². The van der Waals surface area contributed by atoms with Gasteiger partial charge in [0.15, 0.2) is 0 Å². The van der Waals surface area contributed by atoms with Gasteiger partial charge in [-0.05, 0) is 39.0 Å². The number of nitrogens with two attached hydrogens (primary N) is 1. The first-order valence-electron chi connectivity index (χ1n) is 7.23. The maximum atomic E-state index is 12.8. The topological polar surface area (TPSA) is 66.6 Å². The van der Waals surface area contributed by atoms with Crippen LogP contribution in [0, 0.1) is 5.92 Å². The Morgan fingerprint density at radius 2 is 1.84 bits per heavy atom. The number of hydrogen-bond acceptors (Lipinski definition) is 3. The lowest BCUT2D eigenvalue weighted by atomic mass is 10.0. The first-order chi connectivity index (χ1) is 8.75. The largest absolute Gasteiger partial charge is 0.329 e. The Balaban J connectivity index is 2.93. The van der Waals surface area contributed by atoms with Gasteiger partial charge in [-0.25, -0.2) is 0 Å². The van der Waals surface area contributed by atoms with Crippen LogP contribution in [0.5, 0.6) is 0 Å². The number of hydrogen-bond donors (Lipinski definition) is 1. The van der Waals surface area contributed by atoms with Crippen molar-refractivity contribution in [2.24, 2.45) is 11.7 Å². The number of nitrogens with zero attached hydrogens (tertiary/aromatic N) is 2. The van der Waals surface area contributed by atoms with Gasteiger partial charge in [-0.3, -0.25) is 0 Å². The highest BCUT2D eigenvalue weighted by Crippen LogP contribution is 2.25. The first-order valence-corrected chi connectivity index (χ1v) is 8.63. The predicted molar refractivity (Wildman–Crippen MR) is 79.0 cm³/mol. The second-order valence-electron chi connectivity index (χ2n) is 6.18. The van der Waals surface area contributed by atoms with Crippen molar-refractivity contribution < 1.29 is 8.42 Å². The molecule has 0 amide bonds. The molecule has 0 aromatic heterocycles. The van der Waals surface area contributed by atoms with Crippen LogP contribution in [0.25, 0.3) is 0 Å². The van der Waals surface area contributed by atoms with Gasteiger partial charge in [0, 0.05) is 31.7 Å². The Hall–Kier alpha value is -0.170. The third-order valence-corrected chi connectivity index (χ3v) is 6.20. The highest BCUT2D eigenvalue weighted by Gasteiger charge is 2.39. The van der Waals surface area contributed by atoms with Gasteiger partial charge < -0.3 is 5.73 Å². The van der Waals surface area contributed by atoms with E-state index in [1.54, 1.807) is 8.61 Å². The van der Waals surface area contributed by atoms with Crippen molar-refractivity contribution in [2.75, 3.05) is 26.2 Å². The van der Waals surface area contributed by atoms with E-state index in [0.717, 1.165) is 19.3 Å². The molecule has 0 spiro atoms. The molecule has 1 heterocycles. The predicted octanol–water partition coefficient (Wildman–Crippen LogP) is 1.41. The SMILES string of the molecule is CCCN(C(C)(C)CN)S(=O)(=O)N1CCC(C)CC1. The van der Waals surface area contributed by atoms with Crippen molar-refractivity contribution in [3.63, 3.8) is 0 Å². The van der Waals surface area contributed by atoms with Crippen LogP contribution in [0.1, 0.15) is 47.0 Å². The summed E-state index contributed by atoms with van der Waals surface area (Å²) in [5.74, 6) is 0.619. The molecule has 1 aliphatic rings. The molecule has 0 aromatic carbocycles. The maximum Gasteiger partial charge on any atom is 0.282 e. The molecule has 1 fully saturated rings. The highest BCUT2D eigenvalue weighted by atomic mass is 32.2. The lowest BCUT2D eigenvalue weighted by molar-refractivity contribution is 0.200. The normalized spacial score (nSPS) is 20.1. The molecule has 1 saturated heterocycles. The van der Waals surface area contributed by atoms with Crippen LogP contribution in [-0.4, -0.2) is 48.7 Å². The summed E-state index contributed by atoms with van der Waals surface area (Å²) >= 11 is 0. The van der Waals surface area contributed by atoms with E-state index in [0.29, 0.717) is 32.1 Å². The summed E-state index contributed by atoms with van der Waals surface area (Å²) in [4.78, 5) is 0. The summed E-state index contributed by atoms with van der Waals surface area (Å²) in [6.07, 6.45) is 2.69. The van der Waals surface area contributed by atoms with E-state index in [1.165, 1.54) is 0 Å². The van der Waals surface area contributed by atoms with Crippen molar-refractivity contribution in [2.45, 2.75) is 52.5 Å². The maximum absolute atomic E-state index is 12.8. The quantitative estimate of drug-likeness (QED) is 0.804. The summed E-state index contributed by atoms with van der Waals surface area (Å²) in [7, 11) is -3.39. The van der Waals surface area contributed by atoms with Crippen LogP contribution >= 0.6 is 0 Å². The molecule has 0 saturated carbocycles. The first kappa shape index (κ1) is 16.9. The monoisotopic (exact) mass is 291 g/mol. The molecule has 1 aliphatic heterocycles. The Labute approximate surface area is 118 Å². The highest BCUT2D eigenvalue weighted by molar-refractivity contribution is 7.86. The molecule has 0 bridgehead atoms. The smallest absolute Gasteiger partial charge is 0.282 e. The molecule has 0 unspecified atom stereocenters. The van der Waals surface area contributed by atoms with Gasteiger partial charge in [0.05, 0.1) is 0 Å². The zero-order valence-electron chi connectivity index (χ0n) is 12.7. The average molecular weight is 291 g/mol. The third-order valence-electron chi connectivity index (χ3n) is 3.95. The summed E-state index contributed by atoms with van der Waals surface area (Å²) < 4.78 is 28.8. The fourth-order valence-corrected chi connectivity index (χ4v) is 4.45. The zero-order chi connectivity index (χ0) is 14.7. The second kappa shape index (κ2) is 6.52. The van der Waals surface area contributed by atoms with Gasteiger partial charge in [0.2, 0.25) is 0 Å². The van der Waals surface area contributed by atoms with Crippen molar-refractivity contribution in [1.82, 2.24) is 8.61 Å². The molecule has 114 valence electrons. The fourth-order valence-electron chi connectivity index (χ4n) is 2.39. The molecule has 6 heteroatoms. The van der Waals surface area contributed by atoms with Crippen LogP contribution < -0.4 is 5.73 Å². The van der Waals surface area contributed by atoms with Gasteiger partial charge in [-0.2, -0.15) is 17.0 Å². The average Bonchev–Trinajstić information content (AvgIpc) is 2.36. The number of rotatable bonds is 6. The molecule has 0 atom stereocenters. The second-order valence-corrected chi connectivity index (χ2v) is 8.03. The van der Waals surface area contributed by atoms with E-state index < -0.39 is 15.7 Å². The Bertz CT molecular complexity index is 373. The van der Waals surface area contributed by atoms with Crippen molar-refractivity contribution in [3.8, 4) is 0 Å². The molecule has 5 nitrogen and oxygen atoms in total. The molecular weight excluding hydrogens is 262 g/mol. The number of piperidine rings is 1. The lowest BCUT2D eigenvalue weighted by Gasteiger charge is -2.41. The van der Waals surface area contributed by atoms with Gasteiger partial charge in [0.1, 0.15) is 0 Å². The van der Waals surface area contributed by atoms with E-state index >= 15 is 0 Å². The molecule has 0 aromatic rings. The van der Waals surface area contributed by atoms with E-state index in [1.807, 2.05) is 20.8 Å². The van der Waals surface area contributed by atoms with E-state index in [9.17, 15) is 8.42 Å². The Morgan fingerprint density at radius 3 is 2.26 bits per heavy atom. The van der Waals surface area contributed by atoms with Crippen molar-refractivity contribution in [3.05, 3.63) is 0 Å². The van der Waals surface area contributed by atoms with Gasteiger partial charge in [-0.15, -0.1) is 0 Å². The van der Waals surface area contributed by atoms with Gasteiger partial charge in [-0.1, -0.05) is 13.8 Å². The van der Waals surface area contributed by atoms with Crippen LogP contribution in [-0.2, 0) is 10.2 Å². The summed E-state index contributed by atoms with van der Waals surface area (Å²) in [6, 6.07) is 0. The molecule has 19 heavy (non-hydrogen) atoms. The van der Waals surface area contributed by atoms with Crippen molar-refractivity contribution >= 4 is 10.2 Å². The van der Waals surface area contributed by atoms with Crippen LogP contribution in [0.2, 0.25) is 0 Å². The Morgan fingerprint density at radius 1 is 1.32 bits per heavy atom. The minimum Gasteiger partial charge on any atom is -0.329 e. The molecule has 2 N–H and O–H groups in total. The van der Waals surface area contributed by atoms with Gasteiger partial charge in [0.25, 0.3) is 10.2 Å². The summed E-state index contributed by atoms with van der Waals surface area (Å²) in [6.45, 7) is 10.1. The minimum absolute atomic E-state index is 0.330. The van der Waals surface area contributed by atoms with E-state index in [2.05, 4.69) is 6.92 Å².